The highest BCUT2D eigenvalue weighted by molar-refractivity contribution is 5.92. The molecule has 10 heteroatoms. The summed E-state index contributed by atoms with van der Waals surface area (Å²) >= 11 is 0. The fourth-order valence-corrected chi connectivity index (χ4v) is 3.32. The number of amides is 1. The molecule has 1 saturated heterocycles. The number of ether oxygens (including phenoxy) is 2. The van der Waals surface area contributed by atoms with Crippen LogP contribution in [0, 0.1) is 0 Å². The Kier molecular flexibility index (Phi) is 6.06. The standard InChI is InChI=1S/C21H23N7O3/c1-30-17-5-3-16(13-18(17)31-2)4-8-21(29)27-11-9-26(10-12-27)19-6-7-20(25-24-19)28-15-22-14-23-28/h3-8,13-15H,9-12H2,1-2H3/b8-4+. The summed E-state index contributed by atoms with van der Waals surface area (Å²) in [6.07, 6.45) is 6.39. The molecular weight excluding hydrogens is 398 g/mol. The molecule has 0 unspecified atom stereocenters. The summed E-state index contributed by atoms with van der Waals surface area (Å²) in [5.41, 5.74) is 0.868. The molecular formula is C21H23N7O3. The van der Waals surface area contributed by atoms with E-state index in [1.54, 1.807) is 37.4 Å². The van der Waals surface area contributed by atoms with Gasteiger partial charge in [0.15, 0.2) is 23.1 Å². The monoisotopic (exact) mass is 421 g/mol. The largest absolute Gasteiger partial charge is 0.493 e. The minimum atomic E-state index is -0.0259. The summed E-state index contributed by atoms with van der Waals surface area (Å²) in [6.45, 7) is 2.60. The Hall–Kier alpha value is -3.95. The topological polar surface area (TPSA) is 98.5 Å². The summed E-state index contributed by atoms with van der Waals surface area (Å²) in [5, 5.41) is 12.5. The number of benzene rings is 1. The molecule has 0 spiro atoms. The summed E-state index contributed by atoms with van der Waals surface area (Å²) < 4.78 is 12.1. The second-order valence-electron chi connectivity index (χ2n) is 6.85. The van der Waals surface area contributed by atoms with Crippen molar-refractivity contribution in [3.05, 3.63) is 54.6 Å². The van der Waals surface area contributed by atoms with Gasteiger partial charge in [-0.1, -0.05) is 6.07 Å². The number of methoxy groups -OCH3 is 2. The van der Waals surface area contributed by atoms with E-state index in [9.17, 15) is 4.79 Å². The lowest BCUT2D eigenvalue weighted by molar-refractivity contribution is -0.126. The lowest BCUT2D eigenvalue weighted by Crippen LogP contribution is -2.48. The van der Waals surface area contributed by atoms with Gasteiger partial charge in [-0.3, -0.25) is 4.79 Å². The van der Waals surface area contributed by atoms with Crippen LogP contribution < -0.4 is 14.4 Å². The molecule has 1 aliphatic heterocycles. The van der Waals surface area contributed by atoms with Crippen molar-refractivity contribution in [1.29, 1.82) is 0 Å². The Labute approximate surface area is 179 Å². The first-order chi connectivity index (χ1) is 15.2. The maximum Gasteiger partial charge on any atom is 0.246 e. The quantitative estimate of drug-likeness (QED) is 0.552. The minimum absolute atomic E-state index is 0.0259. The number of piperazine rings is 1. The zero-order valence-corrected chi connectivity index (χ0v) is 17.4. The van der Waals surface area contributed by atoms with Crippen molar-refractivity contribution in [2.24, 2.45) is 0 Å². The summed E-state index contributed by atoms with van der Waals surface area (Å²) in [4.78, 5) is 20.4. The highest BCUT2D eigenvalue weighted by Gasteiger charge is 2.21. The smallest absolute Gasteiger partial charge is 0.246 e. The van der Waals surface area contributed by atoms with Crippen LogP contribution in [0.4, 0.5) is 5.82 Å². The van der Waals surface area contributed by atoms with E-state index in [1.165, 1.54) is 6.33 Å². The van der Waals surface area contributed by atoms with Gasteiger partial charge >= 0.3 is 0 Å². The Bertz CT molecular complexity index is 1040. The predicted molar refractivity (Wildman–Crippen MR) is 114 cm³/mol. The SMILES string of the molecule is COc1ccc(/C=C/C(=O)N2CCN(c3ccc(-n4cncn4)nn3)CC2)cc1OC. The van der Waals surface area contributed by atoms with Crippen molar-refractivity contribution >= 4 is 17.8 Å². The van der Waals surface area contributed by atoms with Gasteiger partial charge in [0.1, 0.15) is 12.7 Å². The second kappa shape index (κ2) is 9.24. The average molecular weight is 421 g/mol. The van der Waals surface area contributed by atoms with Crippen molar-refractivity contribution in [1.82, 2.24) is 29.9 Å². The number of aromatic nitrogens is 5. The van der Waals surface area contributed by atoms with E-state index in [-0.39, 0.29) is 5.91 Å². The van der Waals surface area contributed by atoms with Crippen molar-refractivity contribution in [3.63, 3.8) is 0 Å². The Morgan fingerprint density at radius 3 is 2.35 bits per heavy atom. The van der Waals surface area contributed by atoms with Gasteiger partial charge < -0.3 is 19.3 Å². The van der Waals surface area contributed by atoms with Gasteiger partial charge in [-0.15, -0.1) is 10.2 Å². The van der Waals surface area contributed by atoms with Crippen LogP contribution in [0.3, 0.4) is 0 Å². The maximum atomic E-state index is 12.6. The number of carbonyl (C=O) groups is 1. The minimum Gasteiger partial charge on any atom is -0.493 e. The number of hydrogen-bond acceptors (Lipinski definition) is 8. The van der Waals surface area contributed by atoms with E-state index in [4.69, 9.17) is 9.47 Å². The molecule has 3 heterocycles. The van der Waals surface area contributed by atoms with Gasteiger partial charge in [-0.25, -0.2) is 9.67 Å². The molecule has 31 heavy (non-hydrogen) atoms. The van der Waals surface area contributed by atoms with Crippen LogP contribution in [0.5, 0.6) is 11.5 Å². The molecule has 4 rings (SSSR count). The van der Waals surface area contributed by atoms with E-state index in [0.29, 0.717) is 43.5 Å². The third-order valence-corrected chi connectivity index (χ3v) is 5.03. The molecule has 1 aliphatic rings. The Morgan fingerprint density at radius 1 is 0.968 bits per heavy atom. The van der Waals surface area contributed by atoms with Crippen molar-refractivity contribution < 1.29 is 14.3 Å². The fraction of sp³-hybridized carbons (Fsp3) is 0.286. The second-order valence-corrected chi connectivity index (χ2v) is 6.85. The third kappa shape index (κ3) is 4.63. The van der Waals surface area contributed by atoms with Crippen LogP contribution in [0.25, 0.3) is 11.9 Å². The van der Waals surface area contributed by atoms with Crippen LogP contribution in [-0.4, -0.2) is 76.2 Å². The van der Waals surface area contributed by atoms with E-state index < -0.39 is 0 Å². The van der Waals surface area contributed by atoms with E-state index >= 15 is 0 Å². The summed E-state index contributed by atoms with van der Waals surface area (Å²) in [7, 11) is 3.18. The van der Waals surface area contributed by atoms with Crippen molar-refractivity contribution in [2.75, 3.05) is 45.3 Å². The Balaban J connectivity index is 1.33. The number of hydrogen-bond donors (Lipinski definition) is 0. The fourth-order valence-electron chi connectivity index (χ4n) is 3.32. The van der Waals surface area contributed by atoms with Gasteiger partial charge in [-0.05, 0) is 35.9 Å². The first-order valence-electron chi connectivity index (χ1n) is 9.80. The molecule has 160 valence electrons. The zero-order valence-electron chi connectivity index (χ0n) is 17.4. The zero-order chi connectivity index (χ0) is 21.6. The molecule has 1 aromatic carbocycles. The van der Waals surface area contributed by atoms with E-state index in [2.05, 4.69) is 25.2 Å². The first-order valence-corrected chi connectivity index (χ1v) is 9.80. The van der Waals surface area contributed by atoms with Crippen LogP contribution in [0.1, 0.15) is 5.56 Å². The molecule has 0 saturated carbocycles. The van der Waals surface area contributed by atoms with Crippen LogP contribution in [-0.2, 0) is 4.79 Å². The lowest BCUT2D eigenvalue weighted by Gasteiger charge is -2.34. The van der Waals surface area contributed by atoms with Gasteiger partial charge in [0.05, 0.1) is 14.2 Å². The first kappa shape index (κ1) is 20.3. The molecule has 0 aliphatic carbocycles. The van der Waals surface area contributed by atoms with Crippen LogP contribution in [0.2, 0.25) is 0 Å². The van der Waals surface area contributed by atoms with Crippen LogP contribution in [0.15, 0.2) is 49.1 Å². The molecule has 0 N–H and O–H groups in total. The number of anilines is 1. The van der Waals surface area contributed by atoms with Crippen molar-refractivity contribution in [3.8, 4) is 17.3 Å². The molecule has 1 fully saturated rings. The number of rotatable bonds is 6. The van der Waals surface area contributed by atoms with E-state index in [0.717, 1.165) is 11.4 Å². The highest BCUT2D eigenvalue weighted by atomic mass is 16.5. The summed E-state index contributed by atoms with van der Waals surface area (Å²) in [5.74, 6) is 2.63. The van der Waals surface area contributed by atoms with Gasteiger partial charge in [-0.2, -0.15) is 5.10 Å². The average Bonchev–Trinajstić information content (AvgIpc) is 3.37. The number of nitrogens with zero attached hydrogens (tertiary/aromatic N) is 7. The molecule has 1 amide bonds. The van der Waals surface area contributed by atoms with Gasteiger partial charge in [0.25, 0.3) is 0 Å². The molecule has 0 atom stereocenters. The van der Waals surface area contributed by atoms with E-state index in [1.807, 2.05) is 35.2 Å². The maximum absolute atomic E-state index is 12.6. The highest BCUT2D eigenvalue weighted by Crippen LogP contribution is 2.28. The lowest BCUT2D eigenvalue weighted by atomic mass is 10.2. The Morgan fingerprint density at radius 2 is 1.71 bits per heavy atom. The predicted octanol–water partition coefficient (Wildman–Crippen LogP) is 1.44. The normalized spacial score (nSPS) is 14.1. The molecule has 2 aromatic heterocycles. The number of carbonyl (C=O) groups excluding carboxylic acids is 1. The molecule has 3 aromatic rings. The van der Waals surface area contributed by atoms with Crippen molar-refractivity contribution in [2.45, 2.75) is 0 Å². The third-order valence-electron chi connectivity index (χ3n) is 5.03. The molecule has 0 bridgehead atoms. The van der Waals surface area contributed by atoms with Gasteiger partial charge in [0.2, 0.25) is 5.91 Å². The van der Waals surface area contributed by atoms with Crippen LogP contribution >= 0.6 is 0 Å². The molecule has 0 radical (unpaired) electrons. The van der Waals surface area contributed by atoms with Gasteiger partial charge in [0, 0.05) is 32.3 Å². The summed E-state index contributed by atoms with van der Waals surface area (Å²) in [6, 6.07) is 9.28. The molecule has 10 nitrogen and oxygen atoms in total.